The molecular formula is C14H23N3O. The van der Waals surface area contributed by atoms with Gasteiger partial charge < -0.3 is 11.1 Å². The minimum atomic E-state index is 0.0281. The van der Waals surface area contributed by atoms with E-state index >= 15 is 0 Å². The van der Waals surface area contributed by atoms with Crippen molar-refractivity contribution in [1.82, 2.24) is 4.98 Å². The van der Waals surface area contributed by atoms with Gasteiger partial charge in [-0.15, -0.1) is 0 Å². The van der Waals surface area contributed by atoms with Crippen LogP contribution in [0.5, 0.6) is 0 Å². The first-order valence-corrected chi connectivity index (χ1v) is 6.43. The van der Waals surface area contributed by atoms with Crippen LogP contribution in [0.15, 0.2) is 18.5 Å². The van der Waals surface area contributed by atoms with Crippen LogP contribution in [-0.4, -0.2) is 17.4 Å². The highest BCUT2D eigenvalue weighted by atomic mass is 16.1. The molecule has 0 fully saturated rings. The second-order valence-electron chi connectivity index (χ2n) is 5.17. The number of aromatic nitrogens is 1. The van der Waals surface area contributed by atoms with Crippen LogP contribution in [0.2, 0.25) is 0 Å². The summed E-state index contributed by atoms with van der Waals surface area (Å²) in [5.74, 6) is 0.849. The van der Waals surface area contributed by atoms with E-state index in [1.165, 1.54) is 0 Å². The molecule has 0 aromatic carbocycles. The maximum Gasteiger partial charge on any atom is 0.224 e. The van der Waals surface area contributed by atoms with E-state index in [4.69, 9.17) is 5.73 Å². The zero-order valence-corrected chi connectivity index (χ0v) is 11.4. The first kappa shape index (κ1) is 14.6. The number of amides is 1. The van der Waals surface area contributed by atoms with Crippen molar-refractivity contribution < 1.29 is 4.79 Å². The van der Waals surface area contributed by atoms with E-state index in [9.17, 15) is 4.79 Å². The molecule has 0 aliphatic carbocycles. The molecule has 1 unspecified atom stereocenters. The Balaban J connectivity index is 2.53. The lowest BCUT2D eigenvalue weighted by molar-refractivity contribution is -0.117. The van der Waals surface area contributed by atoms with Crippen molar-refractivity contribution in [2.75, 3.05) is 11.9 Å². The van der Waals surface area contributed by atoms with Gasteiger partial charge >= 0.3 is 0 Å². The zero-order chi connectivity index (χ0) is 13.5. The molecule has 1 amide bonds. The van der Waals surface area contributed by atoms with E-state index in [2.05, 4.69) is 24.1 Å². The van der Waals surface area contributed by atoms with Gasteiger partial charge in [0, 0.05) is 24.5 Å². The Morgan fingerprint density at radius 3 is 2.78 bits per heavy atom. The van der Waals surface area contributed by atoms with Gasteiger partial charge in [0.15, 0.2) is 0 Å². The summed E-state index contributed by atoms with van der Waals surface area (Å²) >= 11 is 0. The third-order valence-corrected chi connectivity index (χ3v) is 2.91. The molecule has 0 saturated carbocycles. The first-order valence-electron chi connectivity index (χ1n) is 6.43. The Morgan fingerprint density at radius 1 is 1.50 bits per heavy atom. The standard InChI is InChI=1S/C14H23N3O/c1-10(2)6-12(8-15)7-14(18)17-13-4-5-16-9-11(13)3/h4-5,9-10,12H,6-8,15H2,1-3H3,(H,16,17,18). The van der Waals surface area contributed by atoms with Crippen molar-refractivity contribution in [3.05, 3.63) is 24.0 Å². The summed E-state index contributed by atoms with van der Waals surface area (Å²) in [5.41, 5.74) is 7.50. The van der Waals surface area contributed by atoms with Crippen molar-refractivity contribution in [1.29, 1.82) is 0 Å². The minimum absolute atomic E-state index is 0.0281. The van der Waals surface area contributed by atoms with E-state index in [-0.39, 0.29) is 11.8 Å². The highest BCUT2D eigenvalue weighted by Crippen LogP contribution is 2.17. The van der Waals surface area contributed by atoms with Gasteiger partial charge in [0.05, 0.1) is 0 Å². The lowest BCUT2D eigenvalue weighted by Gasteiger charge is -2.17. The van der Waals surface area contributed by atoms with Crippen LogP contribution >= 0.6 is 0 Å². The molecule has 4 heteroatoms. The molecule has 0 spiro atoms. The minimum Gasteiger partial charge on any atom is -0.330 e. The lowest BCUT2D eigenvalue weighted by atomic mass is 9.94. The molecule has 4 nitrogen and oxygen atoms in total. The highest BCUT2D eigenvalue weighted by molar-refractivity contribution is 5.91. The first-order chi connectivity index (χ1) is 8.52. The SMILES string of the molecule is Cc1cnccc1NC(=O)CC(CN)CC(C)C. The van der Waals surface area contributed by atoms with E-state index in [1.54, 1.807) is 12.4 Å². The third-order valence-electron chi connectivity index (χ3n) is 2.91. The Hall–Kier alpha value is -1.42. The Kier molecular flexibility index (Phi) is 5.78. The van der Waals surface area contributed by atoms with Crippen LogP contribution in [0.3, 0.4) is 0 Å². The Bertz CT molecular complexity index is 390. The van der Waals surface area contributed by atoms with Gasteiger partial charge in [-0.05, 0) is 43.4 Å². The third kappa shape index (κ3) is 4.84. The average molecular weight is 249 g/mol. The molecule has 0 aliphatic heterocycles. The summed E-state index contributed by atoms with van der Waals surface area (Å²) in [4.78, 5) is 15.9. The van der Waals surface area contributed by atoms with Gasteiger partial charge in [0.1, 0.15) is 0 Å². The number of carbonyl (C=O) groups is 1. The van der Waals surface area contributed by atoms with Crippen molar-refractivity contribution in [3.63, 3.8) is 0 Å². The predicted octanol–water partition coefficient (Wildman–Crippen LogP) is 2.34. The summed E-state index contributed by atoms with van der Waals surface area (Å²) in [6, 6.07) is 1.81. The second-order valence-corrected chi connectivity index (χ2v) is 5.17. The normalized spacial score (nSPS) is 12.5. The van der Waals surface area contributed by atoms with Gasteiger partial charge in [0.25, 0.3) is 0 Å². The quantitative estimate of drug-likeness (QED) is 0.813. The molecule has 0 aliphatic rings. The van der Waals surface area contributed by atoms with Gasteiger partial charge in [-0.3, -0.25) is 9.78 Å². The predicted molar refractivity (Wildman–Crippen MR) is 74.2 cm³/mol. The van der Waals surface area contributed by atoms with E-state index in [1.807, 2.05) is 13.0 Å². The fourth-order valence-electron chi connectivity index (χ4n) is 2.01. The van der Waals surface area contributed by atoms with E-state index in [0.717, 1.165) is 17.7 Å². The van der Waals surface area contributed by atoms with Crippen LogP contribution in [0.25, 0.3) is 0 Å². The molecule has 1 aromatic rings. The van der Waals surface area contributed by atoms with E-state index < -0.39 is 0 Å². The van der Waals surface area contributed by atoms with Crippen molar-refractivity contribution >= 4 is 11.6 Å². The lowest BCUT2D eigenvalue weighted by Crippen LogP contribution is -2.23. The van der Waals surface area contributed by atoms with Crippen LogP contribution < -0.4 is 11.1 Å². The Labute approximate surface area is 109 Å². The highest BCUT2D eigenvalue weighted by Gasteiger charge is 2.14. The number of nitrogens with one attached hydrogen (secondary N) is 1. The number of pyridine rings is 1. The Morgan fingerprint density at radius 2 is 2.22 bits per heavy atom. The smallest absolute Gasteiger partial charge is 0.224 e. The summed E-state index contributed by atoms with van der Waals surface area (Å²) in [6.45, 7) is 6.78. The van der Waals surface area contributed by atoms with Crippen LogP contribution in [0, 0.1) is 18.8 Å². The fourth-order valence-corrected chi connectivity index (χ4v) is 2.01. The number of aryl methyl sites for hydroxylation is 1. The monoisotopic (exact) mass is 249 g/mol. The maximum absolute atomic E-state index is 11.9. The topological polar surface area (TPSA) is 68.0 Å². The second kappa shape index (κ2) is 7.11. The molecule has 1 aromatic heterocycles. The van der Waals surface area contributed by atoms with Crippen molar-refractivity contribution in [2.45, 2.75) is 33.6 Å². The summed E-state index contributed by atoms with van der Waals surface area (Å²) in [6.07, 6.45) is 4.89. The number of nitrogens with zero attached hydrogens (tertiary/aromatic N) is 1. The van der Waals surface area contributed by atoms with Crippen molar-refractivity contribution in [2.24, 2.45) is 17.6 Å². The summed E-state index contributed by atoms with van der Waals surface area (Å²) in [5, 5.41) is 2.91. The number of rotatable bonds is 6. The van der Waals surface area contributed by atoms with Crippen LogP contribution in [-0.2, 0) is 4.79 Å². The van der Waals surface area contributed by atoms with Gasteiger partial charge in [-0.2, -0.15) is 0 Å². The van der Waals surface area contributed by atoms with Crippen LogP contribution in [0.1, 0.15) is 32.3 Å². The fraction of sp³-hybridized carbons (Fsp3) is 0.571. The summed E-state index contributed by atoms with van der Waals surface area (Å²) in [7, 11) is 0. The van der Waals surface area contributed by atoms with Gasteiger partial charge in [-0.25, -0.2) is 0 Å². The van der Waals surface area contributed by atoms with E-state index in [0.29, 0.717) is 18.9 Å². The maximum atomic E-state index is 11.9. The number of anilines is 1. The molecule has 100 valence electrons. The molecule has 1 atom stereocenters. The van der Waals surface area contributed by atoms with Crippen molar-refractivity contribution in [3.8, 4) is 0 Å². The molecule has 18 heavy (non-hydrogen) atoms. The molecule has 0 radical (unpaired) electrons. The molecular weight excluding hydrogens is 226 g/mol. The largest absolute Gasteiger partial charge is 0.330 e. The number of carbonyl (C=O) groups excluding carboxylic acids is 1. The van der Waals surface area contributed by atoms with Crippen LogP contribution in [0.4, 0.5) is 5.69 Å². The number of hydrogen-bond donors (Lipinski definition) is 2. The molecule has 0 bridgehead atoms. The zero-order valence-electron chi connectivity index (χ0n) is 11.4. The number of hydrogen-bond acceptors (Lipinski definition) is 3. The number of nitrogens with two attached hydrogens (primary N) is 1. The van der Waals surface area contributed by atoms with Gasteiger partial charge in [-0.1, -0.05) is 13.8 Å². The molecule has 1 rings (SSSR count). The van der Waals surface area contributed by atoms with Gasteiger partial charge in [0.2, 0.25) is 5.91 Å². The molecule has 0 saturated heterocycles. The summed E-state index contributed by atoms with van der Waals surface area (Å²) < 4.78 is 0. The molecule has 3 N–H and O–H groups in total. The average Bonchev–Trinajstić information content (AvgIpc) is 2.30. The molecule has 1 heterocycles.